The molecule has 5 nitrogen and oxygen atoms in total. The van der Waals surface area contributed by atoms with Crippen LogP contribution in [0.2, 0.25) is 0 Å². The van der Waals surface area contributed by atoms with Gasteiger partial charge in [0.1, 0.15) is 0 Å². The Morgan fingerprint density at radius 2 is 0.963 bits per heavy atom. The van der Waals surface area contributed by atoms with Gasteiger partial charge in [0.25, 0.3) is 0 Å². The highest BCUT2D eigenvalue weighted by molar-refractivity contribution is 7.71. The maximum atomic E-state index is 11.7. The maximum absolute atomic E-state index is 11.7. The van der Waals surface area contributed by atoms with Gasteiger partial charge in [0.15, 0.2) is 0 Å². The summed E-state index contributed by atoms with van der Waals surface area (Å²) in [6, 6.07) is 0. The van der Waals surface area contributed by atoms with Gasteiger partial charge >= 0.3 is 13.3 Å². The smallest absolute Gasteiger partial charge is 0.437 e. The summed E-state index contributed by atoms with van der Waals surface area (Å²) in [7, 11) is -1.36. The number of ether oxygens (including phenoxy) is 1. The summed E-state index contributed by atoms with van der Waals surface area (Å²) in [4.78, 5) is 11.6. The van der Waals surface area contributed by atoms with Gasteiger partial charge in [-0.25, -0.2) is 9.36 Å². The second-order valence-corrected chi connectivity index (χ2v) is 9.37. The third-order valence-electron chi connectivity index (χ3n) is 4.93. The minimum atomic E-state index is -3.72. The van der Waals surface area contributed by atoms with Crippen molar-refractivity contribution in [2.75, 3.05) is 20.8 Å². The Bertz CT molecular complexity index is 379. The zero-order valence-electron chi connectivity index (χ0n) is 18.0. The first-order chi connectivity index (χ1) is 13.1. The van der Waals surface area contributed by atoms with Gasteiger partial charge in [-0.05, 0) is 6.42 Å². The second kappa shape index (κ2) is 19.0. The minimum absolute atomic E-state index is 0.272. The van der Waals surface area contributed by atoms with Crippen LogP contribution in [0, 0.1) is 0 Å². The lowest BCUT2D eigenvalue weighted by Crippen LogP contribution is -2.07. The van der Waals surface area contributed by atoms with Crippen LogP contribution in [-0.4, -0.2) is 26.5 Å². The molecule has 0 radical (unpaired) electrons. The number of carbonyl (C=O) groups excluding carboxylic acids is 1. The molecule has 0 atom stereocenters. The molecule has 0 heterocycles. The molecular formula is C21H43O5P. The van der Waals surface area contributed by atoms with Crippen molar-refractivity contribution in [3.63, 3.8) is 0 Å². The van der Waals surface area contributed by atoms with Gasteiger partial charge in [0.2, 0.25) is 0 Å². The van der Waals surface area contributed by atoms with E-state index >= 15 is 0 Å². The minimum Gasteiger partial charge on any atom is -0.457 e. The summed E-state index contributed by atoms with van der Waals surface area (Å²) in [5.74, 6) is 0. The Morgan fingerprint density at radius 1 is 0.630 bits per heavy atom. The van der Waals surface area contributed by atoms with E-state index in [2.05, 4.69) is 16.0 Å². The topological polar surface area (TPSA) is 61.8 Å². The monoisotopic (exact) mass is 406 g/mol. The van der Waals surface area contributed by atoms with Gasteiger partial charge in [-0.2, -0.15) is 0 Å². The van der Waals surface area contributed by atoms with Gasteiger partial charge in [0, 0.05) is 14.2 Å². The highest BCUT2D eigenvalue weighted by Gasteiger charge is 2.34. The van der Waals surface area contributed by atoms with E-state index in [1.54, 1.807) is 0 Å². The van der Waals surface area contributed by atoms with E-state index in [1.807, 2.05) is 0 Å². The molecule has 6 heteroatoms. The van der Waals surface area contributed by atoms with E-state index in [-0.39, 0.29) is 6.61 Å². The highest BCUT2D eigenvalue weighted by Crippen LogP contribution is 2.48. The fourth-order valence-corrected chi connectivity index (χ4v) is 3.81. The summed E-state index contributed by atoms with van der Waals surface area (Å²) in [6.45, 7) is 2.54. The third-order valence-corrected chi connectivity index (χ3v) is 6.47. The summed E-state index contributed by atoms with van der Waals surface area (Å²) in [5.41, 5.74) is -0.895. The molecule has 162 valence electrons. The largest absolute Gasteiger partial charge is 0.457 e. The van der Waals surface area contributed by atoms with Crippen LogP contribution in [0.3, 0.4) is 0 Å². The molecular weight excluding hydrogens is 363 g/mol. The van der Waals surface area contributed by atoms with Crippen molar-refractivity contribution >= 4 is 13.3 Å². The Kier molecular flexibility index (Phi) is 18.7. The van der Waals surface area contributed by atoms with Crippen LogP contribution in [0.4, 0.5) is 4.79 Å². The van der Waals surface area contributed by atoms with Crippen molar-refractivity contribution in [2.45, 2.75) is 110 Å². The van der Waals surface area contributed by atoms with E-state index < -0.39 is 13.3 Å². The van der Waals surface area contributed by atoms with E-state index in [0.29, 0.717) is 0 Å². The van der Waals surface area contributed by atoms with Gasteiger partial charge in [0.05, 0.1) is 6.61 Å². The second-order valence-electron chi connectivity index (χ2n) is 7.28. The molecule has 0 rings (SSSR count). The summed E-state index contributed by atoms with van der Waals surface area (Å²) < 4.78 is 25.9. The van der Waals surface area contributed by atoms with Crippen LogP contribution in [-0.2, 0) is 18.3 Å². The molecule has 0 saturated carbocycles. The summed E-state index contributed by atoms with van der Waals surface area (Å²) >= 11 is 0. The first-order valence-electron chi connectivity index (χ1n) is 11.0. The molecule has 0 aromatic carbocycles. The fraction of sp³-hybridized carbons (Fsp3) is 0.952. The highest BCUT2D eigenvalue weighted by atomic mass is 31.2. The third kappa shape index (κ3) is 15.2. The van der Waals surface area contributed by atoms with Gasteiger partial charge in [-0.1, -0.05) is 103 Å². The Balaban J connectivity index is 3.25. The molecule has 0 spiro atoms. The molecule has 0 fully saturated rings. The average Bonchev–Trinajstić information content (AvgIpc) is 2.69. The number of rotatable bonds is 20. The molecule has 0 bridgehead atoms. The van der Waals surface area contributed by atoms with Crippen LogP contribution in [0.5, 0.6) is 0 Å². The number of hydrogen-bond donors (Lipinski definition) is 0. The molecule has 0 aromatic rings. The molecule has 0 N–H and O–H groups in total. The number of carbonyl (C=O) groups is 1. The van der Waals surface area contributed by atoms with Crippen molar-refractivity contribution in [1.82, 2.24) is 0 Å². The molecule has 0 aliphatic heterocycles. The van der Waals surface area contributed by atoms with Crippen LogP contribution in [0.15, 0.2) is 0 Å². The lowest BCUT2D eigenvalue weighted by Gasteiger charge is -2.12. The zero-order chi connectivity index (χ0) is 20.2. The van der Waals surface area contributed by atoms with Gasteiger partial charge < -0.3 is 13.8 Å². The van der Waals surface area contributed by atoms with Crippen LogP contribution >= 0.6 is 7.60 Å². The van der Waals surface area contributed by atoms with E-state index in [9.17, 15) is 9.36 Å². The van der Waals surface area contributed by atoms with Crippen molar-refractivity contribution < 1.29 is 23.1 Å². The van der Waals surface area contributed by atoms with Crippen molar-refractivity contribution in [1.29, 1.82) is 0 Å². The lowest BCUT2D eigenvalue weighted by molar-refractivity contribution is 0.154. The Labute approximate surface area is 167 Å². The van der Waals surface area contributed by atoms with Crippen LogP contribution in [0.1, 0.15) is 110 Å². The Hall–Kier alpha value is -0.380. The first kappa shape index (κ1) is 26.6. The number of unbranched alkanes of at least 4 members (excludes halogenated alkanes) is 15. The Morgan fingerprint density at radius 3 is 1.30 bits per heavy atom. The van der Waals surface area contributed by atoms with Crippen LogP contribution < -0.4 is 0 Å². The average molecular weight is 407 g/mol. The van der Waals surface area contributed by atoms with Gasteiger partial charge in [-0.15, -0.1) is 0 Å². The fourth-order valence-electron chi connectivity index (χ4n) is 3.11. The molecule has 0 aliphatic rings. The maximum Gasteiger partial charge on any atom is 0.437 e. The number of hydrogen-bond acceptors (Lipinski definition) is 5. The zero-order valence-corrected chi connectivity index (χ0v) is 18.9. The van der Waals surface area contributed by atoms with Crippen molar-refractivity contribution in [3.05, 3.63) is 0 Å². The summed E-state index contributed by atoms with van der Waals surface area (Å²) in [6.07, 6.45) is 20.8. The molecule has 0 unspecified atom stereocenters. The molecule has 0 amide bonds. The lowest BCUT2D eigenvalue weighted by atomic mass is 10.0. The predicted molar refractivity (Wildman–Crippen MR) is 113 cm³/mol. The molecule has 0 saturated heterocycles. The first-order valence-corrected chi connectivity index (χ1v) is 12.5. The van der Waals surface area contributed by atoms with Gasteiger partial charge in [-0.3, -0.25) is 0 Å². The summed E-state index contributed by atoms with van der Waals surface area (Å²) in [5, 5.41) is 0. The molecule has 0 aromatic heterocycles. The van der Waals surface area contributed by atoms with Crippen LogP contribution in [0.25, 0.3) is 0 Å². The SMILES string of the molecule is CCCCCCCCCCCCCCCCCCOC(=O)P(=O)(OC)OC. The molecule has 27 heavy (non-hydrogen) atoms. The standard InChI is InChI=1S/C21H43O5P/c1-4-5-6-7-8-9-10-11-12-13-14-15-16-17-18-19-20-26-21(22)27(23,24-2)25-3/h4-20H2,1-3H3. The van der Waals surface area contributed by atoms with E-state index in [0.717, 1.165) is 19.3 Å². The molecule has 0 aliphatic carbocycles. The van der Waals surface area contributed by atoms with E-state index in [4.69, 9.17) is 4.74 Å². The van der Waals surface area contributed by atoms with Crippen molar-refractivity contribution in [2.24, 2.45) is 0 Å². The van der Waals surface area contributed by atoms with E-state index in [1.165, 1.54) is 97.7 Å². The van der Waals surface area contributed by atoms with Crippen molar-refractivity contribution in [3.8, 4) is 0 Å². The predicted octanol–water partition coefficient (Wildman–Crippen LogP) is 7.87. The quantitative estimate of drug-likeness (QED) is 0.152. The normalized spacial score (nSPS) is 11.7.